The molecule has 4 rings (SSSR count). The van der Waals surface area contributed by atoms with Gasteiger partial charge >= 0.3 is 0 Å². The first kappa shape index (κ1) is 21.7. The molecule has 0 spiro atoms. The lowest BCUT2D eigenvalue weighted by Crippen LogP contribution is -2.58. The van der Waals surface area contributed by atoms with Gasteiger partial charge in [-0.25, -0.2) is 0 Å². The van der Waals surface area contributed by atoms with Crippen molar-refractivity contribution in [2.75, 3.05) is 66.0 Å². The van der Waals surface area contributed by atoms with Crippen LogP contribution in [0.25, 0.3) is 0 Å². The van der Waals surface area contributed by atoms with Crippen LogP contribution < -0.4 is 0 Å². The summed E-state index contributed by atoms with van der Waals surface area (Å²) in [6.07, 6.45) is 1.91. The molecule has 3 heterocycles. The molecule has 3 aliphatic rings. The number of nitrogens with zero attached hydrogens (tertiary/aromatic N) is 5. The summed E-state index contributed by atoms with van der Waals surface area (Å²) in [6.45, 7) is 6.02. The predicted molar refractivity (Wildman–Crippen MR) is 116 cm³/mol. The molecule has 3 fully saturated rings. The van der Waals surface area contributed by atoms with Crippen molar-refractivity contribution in [3.8, 4) is 0 Å². The Morgan fingerprint density at radius 3 is 2.13 bits per heavy atom. The first-order chi connectivity index (χ1) is 14.4. The monoisotopic (exact) mass is 435 g/mol. The fraction of sp³-hybridized carbons (Fsp3) is 0.667. The third-order valence-electron chi connectivity index (χ3n) is 6.54. The van der Waals surface area contributed by atoms with Gasteiger partial charge in [-0.3, -0.25) is 9.69 Å². The highest BCUT2D eigenvalue weighted by atomic mass is 32.2. The second-order valence-electron chi connectivity index (χ2n) is 8.55. The van der Waals surface area contributed by atoms with Crippen LogP contribution in [0, 0.1) is 0 Å². The van der Waals surface area contributed by atoms with Crippen molar-refractivity contribution < 1.29 is 13.2 Å². The highest BCUT2D eigenvalue weighted by molar-refractivity contribution is 7.86. The summed E-state index contributed by atoms with van der Waals surface area (Å²) in [7, 11) is -1.42. The van der Waals surface area contributed by atoms with Gasteiger partial charge in [0.1, 0.15) is 0 Å². The Kier molecular flexibility index (Phi) is 6.74. The number of amides is 1. The molecule has 1 aromatic rings. The van der Waals surface area contributed by atoms with Crippen LogP contribution in [0.3, 0.4) is 0 Å². The molecule has 0 bridgehead atoms. The highest BCUT2D eigenvalue weighted by Crippen LogP contribution is 2.23. The molecule has 166 valence electrons. The smallest absolute Gasteiger partial charge is 0.282 e. The maximum absolute atomic E-state index is 13.2. The fourth-order valence-corrected chi connectivity index (χ4v) is 6.22. The number of likely N-dealkylation sites (tertiary alicyclic amines) is 1. The zero-order valence-electron chi connectivity index (χ0n) is 17.8. The van der Waals surface area contributed by atoms with E-state index in [2.05, 4.69) is 21.9 Å². The number of likely N-dealkylation sites (N-methyl/N-ethyl adjacent to an activating group) is 1. The van der Waals surface area contributed by atoms with Crippen LogP contribution in [-0.2, 0) is 21.5 Å². The lowest BCUT2D eigenvalue weighted by atomic mass is 10.1. The van der Waals surface area contributed by atoms with E-state index in [9.17, 15) is 13.2 Å². The first-order valence-electron chi connectivity index (χ1n) is 11.0. The van der Waals surface area contributed by atoms with Crippen molar-refractivity contribution in [1.82, 2.24) is 23.3 Å². The summed E-state index contributed by atoms with van der Waals surface area (Å²) in [4.78, 5) is 19.5. The third kappa shape index (κ3) is 4.70. The minimum atomic E-state index is -3.44. The van der Waals surface area contributed by atoms with E-state index < -0.39 is 10.2 Å². The van der Waals surface area contributed by atoms with Crippen molar-refractivity contribution >= 4 is 16.1 Å². The van der Waals surface area contributed by atoms with Gasteiger partial charge in [0.15, 0.2) is 0 Å². The van der Waals surface area contributed by atoms with Gasteiger partial charge in [0.2, 0.25) is 5.91 Å². The van der Waals surface area contributed by atoms with Gasteiger partial charge in [0, 0.05) is 58.9 Å². The van der Waals surface area contributed by atoms with E-state index in [1.54, 1.807) is 8.61 Å². The average Bonchev–Trinajstić information content (AvgIpc) is 3.22. The molecule has 1 unspecified atom stereocenters. The largest absolute Gasteiger partial charge is 0.339 e. The Bertz CT molecular complexity index is 818. The number of benzene rings is 1. The molecule has 0 aromatic heterocycles. The van der Waals surface area contributed by atoms with E-state index in [0.29, 0.717) is 39.3 Å². The molecule has 0 radical (unpaired) electrons. The highest BCUT2D eigenvalue weighted by Gasteiger charge is 2.38. The Morgan fingerprint density at radius 1 is 0.900 bits per heavy atom. The van der Waals surface area contributed by atoms with Gasteiger partial charge in [-0.2, -0.15) is 17.0 Å². The molecule has 8 nitrogen and oxygen atoms in total. The average molecular weight is 436 g/mol. The number of rotatable bonds is 5. The third-order valence-corrected chi connectivity index (χ3v) is 8.58. The van der Waals surface area contributed by atoms with Gasteiger partial charge in [-0.05, 0) is 32.0 Å². The zero-order valence-corrected chi connectivity index (χ0v) is 18.6. The van der Waals surface area contributed by atoms with E-state index in [0.717, 1.165) is 39.0 Å². The lowest BCUT2D eigenvalue weighted by molar-refractivity contribution is -0.137. The first-order valence-corrected chi connectivity index (χ1v) is 12.4. The van der Waals surface area contributed by atoms with Crippen molar-refractivity contribution in [3.05, 3.63) is 35.9 Å². The summed E-state index contributed by atoms with van der Waals surface area (Å²) in [5, 5.41) is 0. The SMILES string of the molecule is CN1CCN(S(=O)(=O)N2CCN(C(=O)C3CCCN3Cc3ccccc3)CC2)CC1. The second-order valence-corrected chi connectivity index (χ2v) is 10.5. The van der Waals surface area contributed by atoms with E-state index in [1.165, 1.54) is 5.56 Å². The van der Waals surface area contributed by atoms with E-state index >= 15 is 0 Å². The fourth-order valence-electron chi connectivity index (χ4n) is 4.65. The Balaban J connectivity index is 1.32. The van der Waals surface area contributed by atoms with Gasteiger partial charge in [-0.1, -0.05) is 30.3 Å². The van der Waals surface area contributed by atoms with Crippen molar-refractivity contribution in [2.45, 2.75) is 25.4 Å². The molecule has 3 aliphatic heterocycles. The minimum absolute atomic E-state index is 0.0917. The standard InChI is InChI=1S/C21H33N5O3S/c1-22-10-14-25(15-11-22)30(28,29)26-16-12-23(13-17-26)21(27)20-8-5-9-24(20)18-19-6-3-2-4-7-19/h2-4,6-7,20H,5,8-18H2,1H3. The van der Waals surface area contributed by atoms with E-state index in [1.807, 2.05) is 30.1 Å². The normalized spacial score (nSPS) is 25.6. The van der Waals surface area contributed by atoms with Crippen LogP contribution in [0.5, 0.6) is 0 Å². The summed E-state index contributed by atoms with van der Waals surface area (Å²) < 4.78 is 29.1. The summed E-state index contributed by atoms with van der Waals surface area (Å²) >= 11 is 0. The number of carbonyl (C=O) groups is 1. The number of hydrogen-bond acceptors (Lipinski definition) is 5. The molecule has 0 saturated carbocycles. The summed E-state index contributed by atoms with van der Waals surface area (Å²) in [5.74, 6) is 0.153. The van der Waals surface area contributed by atoms with Crippen molar-refractivity contribution in [1.29, 1.82) is 0 Å². The van der Waals surface area contributed by atoms with Crippen LogP contribution in [0.4, 0.5) is 0 Å². The molecule has 9 heteroatoms. The quantitative estimate of drug-likeness (QED) is 0.665. The molecule has 1 aromatic carbocycles. The molecule has 30 heavy (non-hydrogen) atoms. The van der Waals surface area contributed by atoms with E-state index in [-0.39, 0.29) is 11.9 Å². The molecule has 1 amide bonds. The van der Waals surface area contributed by atoms with Crippen LogP contribution in [0.2, 0.25) is 0 Å². The molecule has 0 N–H and O–H groups in total. The van der Waals surface area contributed by atoms with Crippen LogP contribution in [0.1, 0.15) is 18.4 Å². The molecule has 0 aliphatic carbocycles. The maximum Gasteiger partial charge on any atom is 0.282 e. The zero-order chi connectivity index (χ0) is 21.1. The maximum atomic E-state index is 13.2. The van der Waals surface area contributed by atoms with Crippen LogP contribution in [0.15, 0.2) is 30.3 Å². The van der Waals surface area contributed by atoms with Gasteiger partial charge in [-0.15, -0.1) is 0 Å². The Hall–Kier alpha value is -1.52. The molecular formula is C21H33N5O3S. The number of hydrogen-bond donors (Lipinski definition) is 0. The predicted octanol–water partition coefficient (Wildman–Crippen LogP) is 0.287. The number of piperazine rings is 2. The summed E-state index contributed by atoms with van der Waals surface area (Å²) in [5.41, 5.74) is 1.22. The lowest BCUT2D eigenvalue weighted by Gasteiger charge is -2.40. The second kappa shape index (κ2) is 9.32. The van der Waals surface area contributed by atoms with Gasteiger partial charge < -0.3 is 9.80 Å². The Morgan fingerprint density at radius 2 is 1.50 bits per heavy atom. The van der Waals surface area contributed by atoms with Crippen LogP contribution in [-0.4, -0.2) is 110 Å². The van der Waals surface area contributed by atoms with Crippen LogP contribution >= 0.6 is 0 Å². The van der Waals surface area contributed by atoms with Gasteiger partial charge in [0.25, 0.3) is 10.2 Å². The van der Waals surface area contributed by atoms with E-state index in [4.69, 9.17) is 0 Å². The van der Waals surface area contributed by atoms with Crippen molar-refractivity contribution in [2.24, 2.45) is 0 Å². The molecule has 1 atom stereocenters. The topological polar surface area (TPSA) is 67.4 Å². The molecular weight excluding hydrogens is 402 g/mol. The summed E-state index contributed by atoms with van der Waals surface area (Å²) in [6, 6.07) is 10.2. The van der Waals surface area contributed by atoms with Crippen molar-refractivity contribution in [3.63, 3.8) is 0 Å². The number of carbonyl (C=O) groups excluding carboxylic acids is 1. The minimum Gasteiger partial charge on any atom is -0.339 e. The Labute approximate surface area is 180 Å². The molecule has 3 saturated heterocycles. The van der Waals surface area contributed by atoms with Gasteiger partial charge in [0.05, 0.1) is 6.04 Å².